The zero-order valence-electron chi connectivity index (χ0n) is 13.8. The second kappa shape index (κ2) is 5.27. The van der Waals surface area contributed by atoms with E-state index in [9.17, 15) is 4.79 Å². The van der Waals surface area contributed by atoms with Crippen molar-refractivity contribution in [3.8, 4) is 0 Å². The molecule has 3 rings (SSSR count). The van der Waals surface area contributed by atoms with Crippen molar-refractivity contribution in [2.24, 2.45) is 5.73 Å². The van der Waals surface area contributed by atoms with Crippen molar-refractivity contribution in [2.45, 2.75) is 57.5 Å². The van der Waals surface area contributed by atoms with E-state index in [1.54, 1.807) is 4.90 Å². The van der Waals surface area contributed by atoms with Crippen molar-refractivity contribution in [1.82, 2.24) is 0 Å². The van der Waals surface area contributed by atoms with Crippen LogP contribution in [0, 0.1) is 0 Å². The molecule has 1 heterocycles. The fourth-order valence-corrected chi connectivity index (χ4v) is 3.62. The Kier molecular flexibility index (Phi) is 3.68. The lowest BCUT2D eigenvalue weighted by Gasteiger charge is -2.42. The van der Waals surface area contributed by atoms with E-state index in [1.165, 1.54) is 17.5 Å². The van der Waals surface area contributed by atoms with Crippen LogP contribution >= 0.6 is 0 Å². The van der Waals surface area contributed by atoms with Gasteiger partial charge in [0.25, 0.3) is 0 Å². The highest BCUT2D eigenvalue weighted by Crippen LogP contribution is 2.47. The minimum atomic E-state index is -0.468. The number of hydrogen-bond acceptors (Lipinski definition) is 3. The number of amides is 1. The highest BCUT2D eigenvalue weighted by atomic mass is 16.6. The number of ether oxygens (including phenoxy) is 1. The van der Waals surface area contributed by atoms with Crippen LogP contribution in [-0.2, 0) is 16.6 Å². The van der Waals surface area contributed by atoms with Gasteiger partial charge in [-0.15, -0.1) is 0 Å². The number of nitrogens with zero attached hydrogens (tertiary/aromatic N) is 1. The molecule has 2 N–H and O–H groups in total. The summed E-state index contributed by atoms with van der Waals surface area (Å²) in [5.74, 6) is 0. The van der Waals surface area contributed by atoms with E-state index in [1.807, 2.05) is 32.9 Å². The van der Waals surface area contributed by atoms with Crippen LogP contribution in [0.1, 0.15) is 51.2 Å². The molecule has 1 saturated carbocycles. The fraction of sp³-hybridized carbons (Fsp3) is 0.611. The molecule has 0 saturated heterocycles. The third-order valence-corrected chi connectivity index (χ3v) is 4.91. The van der Waals surface area contributed by atoms with Crippen LogP contribution in [0.25, 0.3) is 0 Å². The summed E-state index contributed by atoms with van der Waals surface area (Å²) in [6.07, 6.45) is 4.21. The van der Waals surface area contributed by atoms with Gasteiger partial charge in [-0.1, -0.05) is 18.6 Å². The Balaban J connectivity index is 1.91. The summed E-state index contributed by atoms with van der Waals surface area (Å²) in [5, 5.41) is 0. The SMILES string of the molecule is CC(C)(C)OC(=O)N1CCc2c1cccc2C1(CN)CCC1. The lowest BCUT2D eigenvalue weighted by Crippen LogP contribution is -2.42. The maximum atomic E-state index is 12.4. The topological polar surface area (TPSA) is 55.6 Å². The zero-order valence-corrected chi connectivity index (χ0v) is 13.8. The maximum Gasteiger partial charge on any atom is 0.414 e. The summed E-state index contributed by atoms with van der Waals surface area (Å²) >= 11 is 0. The van der Waals surface area contributed by atoms with Crippen LogP contribution in [0.15, 0.2) is 18.2 Å². The molecule has 0 atom stereocenters. The highest BCUT2D eigenvalue weighted by Gasteiger charge is 2.41. The average molecular weight is 302 g/mol. The largest absolute Gasteiger partial charge is 0.443 e. The first kappa shape index (κ1) is 15.3. The Morgan fingerprint density at radius 2 is 2.09 bits per heavy atom. The molecule has 4 heteroatoms. The van der Waals surface area contributed by atoms with Crippen LogP contribution < -0.4 is 10.6 Å². The Morgan fingerprint density at radius 3 is 2.64 bits per heavy atom. The number of anilines is 1. The van der Waals surface area contributed by atoms with Gasteiger partial charge < -0.3 is 10.5 Å². The van der Waals surface area contributed by atoms with E-state index in [0.717, 1.165) is 24.9 Å². The van der Waals surface area contributed by atoms with E-state index < -0.39 is 5.60 Å². The smallest absolute Gasteiger partial charge is 0.414 e. The molecular formula is C18H26N2O2. The predicted molar refractivity (Wildman–Crippen MR) is 88.3 cm³/mol. The van der Waals surface area contributed by atoms with Crippen LogP contribution in [0.5, 0.6) is 0 Å². The number of carbonyl (C=O) groups excluding carboxylic acids is 1. The summed E-state index contributed by atoms with van der Waals surface area (Å²) in [6, 6.07) is 6.27. The van der Waals surface area contributed by atoms with Gasteiger partial charge in [-0.2, -0.15) is 0 Å². The molecule has 0 radical (unpaired) electrons. The molecule has 4 nitrogen and oxygen atoms in total. The van der Waals surface area contributed by atoms with Gasteiger partial charge in [0.1, 0.15) is 5.60 Å². The summed E-state index contributed by atoms with van der Waals surface area (Å²) in [5.41, 5.74) is 9.38. The van der Waals surface area contributed by atoms with Gasteiger partial charge >= 0.3 is 6.09 Å². The van der Waals surface area contributed by atoms with Crippen LogP contribution in [0.3, 0.4) is 0 Å². The minimum absolute atomic E-state index is 0.134. The van der Waals surface area contributed by atoms with Crippen molar-refractivity contribution < 1.29 is 9.53 Å². The summed E-state index contributed by atoms with van der Waals surface area (Å²) in [4.78, 5) is 14.2. The van der Waals surface area contributed by atoms with E-state index in [-0.39, 0.29) is 11.5 Å². The lowest BCUT2D eigenvalue weighted by atomic mass is 9.63. The minimum Gasteiger partial charge on any atom is -0.443 e. The Hall–Kier alpha value is -1.55. The van der Waals surface area contributed by atoms with Crippen molar-refractivity contribution in [1.29, 1.82) is 0 Å². The number of rotatable bonds is 2. The number of hydrogen-bond donors (Lipinski definition) is 1. The monoisotopic (exact) mass is 302 g/mol. The second-order valence-electron chi connectivity index (χ2n) is 7.52. The standard InChI is InChI=1S/C18H26N2O2/c1-17(2,3)22-16(21)20-11-8-13-14(6-4-7-15(13)20)18(12-19)9-5-10-18/h4,6-7H,5,8-12,19H2,1-3H3. The highest BCUT2D eigenvalue weighted by molar-refractivity contribution is 5.91. The van der Waals surface area contributed by atoms with Crippen LogP contribution in [-0.4, -0.2) is 24.8 Å². The number of carbonyl (C=O) groups is 1. The molecule has 1 amide bonds. The first-order valence-electron chi connectivity index (χ1n) is 8.19. The summed E-state index contributed by atoms with van der Waals surface area (Å²) in [6.45, 7) is 7.08. The summed E-state index contributed by atoms with van der Waals surface area (Å²) in [7, 11) is 0. The van der Waals surface area contributed by atoms with Crippen molar-refractivity contribution in [3.05, 3.63) is 29.3 Å². The van der Waals surface area contributed by atoms with E-state index >= 15 is 0 Å². The first-order valence-corrected chi connectivity index (χ1v) is 8.19. The molecule has 1 aliphatic heterocycles. The average Bonchev–Trinajstić information content (AvgIpc) is 2.80. The molecule has 0 bridgehead atoms. The first-order chi connectivity index (χ1) is 10.4. The molecule has 1 aliphatic carbocycles. The zero-order chi connectivity index (χ0) is 16.0. The molecule has 1 aromatic carbocycles. The second-order valence-corrected chi connectivity index (χ2v) is 7.52. The number of benzene rings is 1. The molecule has 0 aromatic heterocycles. The molecular weight excluding hydrogens is 276 g/mol. The van der Waals surface area contributed by atoms with Gasteiger partial charge in [0, 0.05) is 18.5 Å². The third-order valence-electron chi connectivity index (χ3n) is 4.91. The van der Waals surface area contributed by atoms with Gasteiger partial charge in [0.2, 0.25) is 0 Å². The van der Waals surface area contributed by atoms with E-state index in [2.05, 4.69) is 6.07 Å². The van der Waals surface area contributed by atoms with Crippen LogP contribution in [0.4, 0.5) is 10.5 Å². The third kappa shape index (κ3) is 2.50. The summed E-state index contributed by atoms with van der Waals surface area (Å²) < 4.78 is 5.53. The molecule has 1 fully saturated rings. The maximum absolute atomic E-state index is 12.4. The molecule has 0 unspecified atom stereocenters. The molecule has 120 valence electrons. The van der Waals surface area contributed by atoms with E-state index in [0.29, 0.717) is 13.1 Å². The van der Waals surface area contributed by atoms with Crippen molar-refractivity contribution in [3.63, 3.8) is 0 Å². The quantitative estimate of drug-likeness (QED) is 0.911. The Bertz CT molecular complexity index is 580. The van der Waals surface area contributed by atoms with E-state index in [4.69, 9.17) is 10.5 Å². The molecule has 0 spiro atoms. The Morgan fingerprint density at radius 1 is 1.36 bits per heavy atom. The lowest BCUT2D eigenvalue weighted by molar-refractivity contribution is 0.0584. The number of nitrogens with two attached hydrogens (primary N) is 1. The predicted octanol–water partition coefficient (Wildman–Crippen LogP) is 3.36. The molecule has 22 heavy (non-hydrogen) atoms. The molecule has 1 aromatic rings. The fourth-order valence-electron chi connectivity index (χ4n) is 3.62. The van der Waals surface area contributed by atoms with Crippen molar-refractivity contribution >= 4 is 11.8 Å². The van der Waals surface area contributed by atoms with Gasteiger partial charge in [0.05, 0.1) is 5.69 Å². The Labute approximate surface area is 132 Å². The number of fused-ring (bicyclic) bond motifs is 1. The van der Waals surface area contributed by atoms with Gasteiger partial charge in [-0.3, -0.25) is 4.90 Å². The van der Waals surface area contributed by atoms with Crippen molar-refractivity contribution in [2.75, 3.05) is 18.0 Å². The van der Waals surface area contributed by atoms with Gasteiger partial charge in [0.15, 0.2) is 0 Å². The van der Waals surface area contributed by atoms with Gasteiger partial charge in [-0.25, -0.2) is 4.79 Å². The van der Waals surface area contributed by atoms with Crippen LogP contribution in [0.2, 0.25) is 0 Å². The van der Waals surface area contributed by atoms with Gasteiger partial charge in [-0.05, 0) is 57.2 Å². The molecule has 2 aliphatic rings. The normalized spacial score (nSPS) is 19.5.